The van der Waals surface area contributed by atoms with Gasteiger partial charge in [-0.1, -0.05) is 203 Å². The third-order valence-corrected chi connectivity index (χ3v) is 20.9. The van der Waals surface area contributed by atoms with Crippen LogP contribution in [0.5, 0.6) is 5.75 Å². The number of nitrogens with zero attached hydrogens (tertiary/aromatic N) is 13. The Morgan fingerprint density at radius 3 is 1.19 bits per heavy atom. The fourth-order valence-electron chi connectivity index (χ4n) is 11.6. The minimum Gasteiger partial charge on any atom is -0.506 e. The Balaban J connectivity index is 0.000000499. The number of hydrogen-bond acceptors (Lipinski definition) is 17. The molecule has 3 N–H and O–H groups in total. The molecule has 2 aliphatic carbocycles. The molecule has 1 fully saturated rings. The van der Waals surface area contributed by atoms with Gasteiger partial charge in [-0.25, -0.2) is 24.9 Å². The maximum absolute atomic E-state index is 12.0. The molecule has 0 saturated heterocycles. The van der Waals surface area contributed by atoms with Crippen LogP contribution >= 0.6 is 0 Å². The Morgan fingerprint density at radius 2 is 0.830 bits per heavy atom. The topological polar surface area (TPSA) is 298 Å². The summed E-state index contributed by atoms with van der Waals surface area (Å²) in [5, 5.41) is 9.29. The molecule has 11 aromatic heterocycles. The van der Waals surface area contributed by atoms with E-state index in [4.69, 9.17) is 0 Å². The number of aromatic hydroxyl groups is 1. The van der Waals surface area contributed by atoms with Gasteiger partial charge in [0.25, 0.3) is 11.1 Å². The zero-order valence-electron chi connectivity index (χ0n) is 85.8. The van der Waals surface area contributed by atoms with Crippen LogP contribution in [-0.2, 0) is 31.2 Å². The van der Waals surface area contributed by atoms with Crippen molar-refractivity contribution in [2.24, 2.45) is 20.0 Å². The van der Waals surface area contributed by atoms with Crippen LogP contribution in [0.4, 0.5) is 26.3 Å². The predicted octanol–water partition coefficient (Wildman–Crippen LogP) is 25.1. The Labute approximate surface area is 796 Å². The lowest BCUT2D eigenvalue weighted by atomic mass is 9.97. The Bertz CT molecular complexity index is 5520. The van der Waals surface area contributed by atoms with Crippen LogP contribution in [-0.4, -0.2) is 84.4 Å². The van der Waals surface area contributed by atoms with Crippen molar-refractivity contribution in [2.75, 3.05) is 0 Å². The largest absolute Gasteiger partial charge is 0.506 e. The average Bonchev–Trinajstić information content (AvgIpc) is 1.67. The standard InChI is InChI=1S/C11H15NO.C10H15N.5C9H13NO.C9H12O.2C8H9F3N2.2C8H12N2/c1-8(2)9-3-6-11(13)12(7-9)10-4-5-10;1-7(2)10-6-11-9(4)5-8(10)3;1-6(2)8-4-9(11)7(3)10-5-8;1-6(2)8-5-10-7(3)4-9(8)11;2*1-7(2)8-4-5-9(11)10(3)6-8;1-6(2)8-5-4-7(3)10-9(8)11;1-7(2)8-3-5-9(10)6-4-8;1-5(2)6-3-13-7(4-12-6)8(9,10)11;1-5(2)6-3-12-7(13-4-6)8(9,10)11;1-6(2)8-4-9-7(3)10-5-8;1-6(2)8-5-9-7(3)4-10-8/h3,6-8,10H,4-5H2,1-2H3;5-7H,1-4H3;4-6,11H,1-3H3;4-6H,1-3H3,(H,10,11);2*4-7H,1-3H3;4-6H,1-3H3,(H,10,11);3-5,7H,6H2,1-2H3;2*3-5H,1-2H3;2*4-6H,1-3H3. The number of H-pyrrole nitrogens is 2. The molecule has 1 saturated carbocycles. The highest BCUT2D eigenvalue weighted by molar-refractivity contribution is 5.92. The molecular weight excluding hydrogens is 1720 g/mol. The predicted molar refractivity (Wildman–Crippen MR) is 535 cm³/mol. The van der Waals surface area contributed by atoms with Gasteiger partial charge in [-0.05, 0) is 207 Å². The number of rotatable bonds is 13. The summed E-state index contributed by atoms with van der Waals surface area (Å²) in [7, 11) is 3.54. The van der Waals surface area contributed by atoms with Crippen molar-refractivity contribution in [1.82, 2.24) is 73.5 Å². The highest BCUT2D eigenvalue weighted by Crippen LogP contribution is 2.34. The molecule has 11 aromatic rings. The van der Waals surface area contributed by atoms with Crippen LogP contribution in [0, 0.1) is 54.4 Å². The van der Waals surface area contributed by atoms with Gasteiger partial charge < -0.3 is 28.8 Å². The maximum Gasteiger partial charge on any atom is 0.451 e. The maximum atomic E-state index is 12.0. The number of hydrogen-bond donors (Lipinski definition) is 3. The minimum absolute atomic E-state index is 0.0417. The van der Waals surface area contributed by atoms with Gasteiger partial charge in [0, 0.05) is 160 Å². The van der Waals surface area contributed by atoms with Crippen molar-refractivity contribution in [2.45, 2.75) is 317 Å². The normalized spacial score (nSPS) is 12.0. The van der Waals surface area contributed by atoms with Crippen LogP contribution < -0.4 is 27.7 Å². The summed E-state index contributed by atoms with van der Waals surface area (Å²) in [6.07, 6.45) is 22.8. The van der Waals surface area contributed by atoms with E-state index in [-0.39, 0.29) is 51.0 Å². The molecule has 0 radical (unpaired) electrons. The molecule has 736 valence electrons. The number of carbonyl (C=O) groups is 1. The number of aromatic nitrogens is 15. The van der Waals surface area contributed by atoms with Gasteiger partial charge in [0.15, 0.2) is 16.9 Å². The Hall–Kier alpha value is -12.1. The van der Waals surface area contributed by atoms with Crippen molar-refractivity contribution >= 4 is 5.78 Å². The van der Waals surface area contributed by atoms with E-state index in [1.807, 2.05) is 180 Å². The number of carbonyl (C=O) groups excluding carboxylic acids is 1. The van der Waals surface area contributed by atoms with Gasteiger partial charge in [-0.15, -0.1) is 0 Å². The third kappa shape index (κ3) is 45.7. The van der Waals surface area contributed by atoms with Crippen molar-refractivity contribution in [1.29, 1.82) is 0 Å². The van der Waals surface area contributed by atoms with E-state index in [1.165, 1.54) is 64.2 Å². The molecular formula is C107H149F6N15O7. The number of ketones is 1. The van der Waals surface area contributed by atoms with Crippen molar-refractivity contribution in [3.8, 4) is 5.75 Å². The first kappa shape index (κ1) is 119. The van der Waals surface area contributed by atoms with Gasteiger partial charge in [0.2, 0.25) is 16.9 Å². The second-order valence-corrected chi connectivity index (χ2v) is 37.1. The molecule has 13 rings (SSSR count). The molecule has 0 bridgehead atoms. The third-order valence-electron chi connectivity index (χ3n) is 20.9. The molecule has 2 aliphatic rings. The van der Waals surface area contributed by atoms with Crippen LogP contribution in [0.3, 0.4) is 0 Å². The highest BCUT2D eigenvalue weighted by Gasteiger charge is 2.35. The van der Waals surface area contributed by atoms with E-state index in [0.717, 1.165) is 63.4 Å². The lowest BCUT2D eigenvalue weighted by Crippen LogP contribution is -2.17. The molecule has 0 amide bonds. The number of alkyl halides is 6. The second-order valence-electron chi connectivity index (χ2n) is 37.1. The summed E-state index contributed by atoms with van der Waals surface area (Å²) in [5.74, 6) is 5.14. The smallest absolute Gasteiger partial charge is 0.451 e. The average molecular weight is 1870 g/mol. The molecule has 0 unspecified atom stereocenters. The molecule has 28 heteroatoms. The van der Waals surface area contributed by atoms with E-state index < -0.39 is 23.9 Å². The number of aryl methyl sites for hydroxylation is 9. The lowest BCUT2D eigenvalue weighted by molar-refractivity contribution is -0.145. The van der Waals surface area contributed by atoms with Gasteiger partial charge in [-0.3, -0.25) is 53.7 Å². The van der Waals surface area contributed by atoms with Gasteiger partial charge in [0.1, 0.15) is 11.6 Å². The first-order valence-corrected chi connectivity index (χ1v) is 46.1. The number of allylic oxidation sites excluding steroid dienone is 4. The first-order chi connectivity index (χ1) is 62.8. The zero-order valence-corrected chi connectivity index (χ0v) is 85.8. The van der Waals surface area contributed by atoms with Crippen LogP contribution in [0.25, 0.3) is 0 Å². The van der Waals surface area contributed by atoms with Crippen molar-refractivity contribution < 1.29 is 36.2 Å². The monoisotopic (exact) mass is 1870 g/mol. The molecule has 0 spiro atoms. The summed E-state index contributed by atoms with van der Waals surface area (Å²) < 4.78 is 77.1. The highest BCUT2D eigenvalue weighted by atomic mass is 19.4. The number of aromatic amines is 2. The fourth-order valence-corrected chi connectivity index (χ4v) is 11.6. The van der Waals surface area contributed by atoms with E-state index in [2.05, 4.69) is 184 Å². The van der Waals surface area contributed by atoms with Crippen molar-refractivity contribution in [3.63, 3.8) is 0 Å². The summed E-state index contributed by atoms with van der Waals surface area (Å²) in [4.78, 5) is 111. The number of nitrogens with one attached hydrogen (secondary N) is 2. The molecule has 0 aromatic carbocycles. The minimum atomic E-state index is -4.45. The van der Waals surface area contributed by atoms with E-state index >= 15 is 0 Å². The molecule has 135 heavy (non-hydrogen) atoms. The van der Waals surface area contributed by atoms with Gasteiger partial charge in [-0.2, -0.15) is 26.3 Å². The summed E-state index contributed by atoms with van der Waals surface area (Å²) in [6.45, 7) is 63.1. The Morgan fingerprint density at radius 1 is 0.385 bits per heavy atom. The summed E-state index contributed by atoms with van der Waals surface area (Å²) in [5.41, 5.74) is 18.0. The molecule has 22 nitrogen and oxygen atoms in total. The van der Waals surface area contributed by atoms with Crippen LogP contribution in [0.2, 0.25) is 0 Å². The zero-order chi connectivity index (χ0) is 103. The fraction of sp³-hybridized carbons (Fsp3) is 0.477. The summed E-state index contributed by atoms with van der Waals surface area (Å²) >= 11 is 0. The van der Waals surface area contributed by atoms with Crippen molar-refractivity contribution in [3.05, 3.63) is 342 Å². The van der Waals surface area contributed by atoms with Gasteiger partial charge in [0.05, 0.1) is 29.0 Å². The van der Waals surface area contributed by atoms with E-state index in [9.17, 15) is 60.2 Å². The number of halogens is 6. The van der Waals surface area contributed by atoms with E-state index in [0.29, 0.717) is 88.6 Å². The van der Waals surface area contributed by atoms with Crippen LogP contribution in [0.1, 0.15) is 369 Å². The second kappa shape index (κ2) is 58.2. The lowest BCUT2D eigenvalue weighted by Gasteiger charge is -2.08. The molecule has 0 atom stereocenters. The first-order valence-electron chi connectivity index (χ1n) is 46.1. The van der Waals surface area contributed by atoms with Crippen LogP contribution in [0.15, 0.2) is 201 Å². The SMILES string of the molecule is CC(C)C1=CCC(=O)C=C1.CC(C)c1ccc(=O)n(C)c1.CC(C)c1ccc(=O)n(C)c1.CC(C)c1ccc(=O)n(C2CC2)c1.CC(C)c1cnc(C(F)(F)F)cn1.CC(C)c1cnc(C(F)(F)F)nc1.Cc1cc(=O)c(C(C)C)c[nH]1.Cc1cc(C)c(C(C)C)cn1.Cc1ccc(C(C)C)c(=O)[nH]1.Cc1cnc(C(C)C)cn1.Cc1ncc(C(C)C)cc1O.Cc1ncc(C(C)C)cn1. The summed E-state index contributed by atoms with van der Waals surface area (Å²) in [6, 6.07) is 20.4. The Kier molecular flexibility index (Phi) is 51.3. The number of pyridine rings is 7. The quantitative estimate of drug-likeness (QED) is 0.0904. The van der Waals surface area contributed by atoms with E-state index in [1.54, 1.807) is 85.2 Å². The van der Waals surface area contributed by atoms with Gasteiger partial charge >= 0.3 is 12.4 Å². The molecule has 11 heterocycles. The molecule has 0 aliphatic heterocycles.